The highest BCUT2D eigenvalue weighted by atomic mass is 16.5. The number of likely N-dealkylation sites (N-methyl/N-ethyl adjacent to an activating group) is 1. The van der Waals surface area contributed by atoms with E-state index in [1.807, 2.05) is 0 Å². The maximum atomic E-state index is 6.90. The molecule has 0 amide bonds. The number of ether oxygens (including phenoxy) is 1. The minimum Gasteiger partial charge on any atom is -0.378 e. The van der Waals surface area contributed by atoms with Crippen LogP contribution in [0.25, 0.3) is 5.57 Å². The number of nitrogens with zero attached hydrogens (tertiary/aromatic N) is 1. The Morgan fingerprint density at radius 3 is 2.45 bits per heavy atom. The van der Waals surface area contributed by atoms with E-state index < -0.39 is 0 Å². The van der Waals surface area contributed by atoms with Gasteiger partial charge < -0.3 is 10.1 Å². The van der Waals surface area contributed by atoms with E-state index in [1.165, 1.54) is 27.9 Å². The molecular weight excluding hydrogens is 404 g/mol. The summed E-state index contributed by atoms with van der Waals surface area (Å²) in [7, 11) is 2.20. The smallest absolute Gasteiger partial charge is 0.0900 e. The second kappa shape index (κ2) is 9.54. The Morgan fingerprint density at radius 2 is 1.73 bits per heavy atom. The molecule has 170 valence electrons. The standard InChI is InChI=1S/C30H34N2O/c1-21(2)24-14-17-28-27(18-24)30-26(29(31-28)23-12-8-5-9-13-23)16-15-25(33-30)20-32(3)19-22-10-6-4-7-11-22/h4-14,17-18,25-26,29-31H,1,15-16,19-20H2,2-3H3. The summed E-state index contributed by atoms with van der Waals surface area (Å²) in [6.45, 7) is 8.13. The first-order valence-corrected chi connectivity index (χ1v) is 12.1. The normalized spacial score (nSPS) is 24.0. The van der Waals surface area contributed by atoms with Crippen LogP contribution in [0.5, 0.6) is 0 Å². The Balaban J connectivity index is 1.39. The fourth-order valence-corrected chi connectivity index (χ4v) is 5.45. The molecule has 5 rings (SSSR count). The van der Waals surface area contributed by atoms with Crippen LogP contribution in [0.3, 0.4) is 0 Å². The van der Waals surface area contributed by atoms with Crippen molar-refractivity contribution in [3.63, 3.8) is 0 Å². The van der Waals surface area contributed by atoms with E-state index in [4.69, 9.17) is 4.74 Å². The van der Waals surface area contributed by atoms with Gasteiger partial charge in [0.25, 0.3) is 0 Å². The molecule has 0 bridgehead atoms. The zero-order chi connectivity index (χ0) is 22.8. The first-order valence-electron chi connectivity index (χ1n) is 12.1. The third kappa shape index (κ3) is 4.75. The van der Waals surface area contributed by atoms with Gasteiger partial charge in [0.2, 0.25) is 0 Å². The number of hydrogen-bond donors (Lipinski definition) is 1. The summed E-state index contributed by atoms with van der Waals surface area (Å²) in [4.78, 5) is 2.39. The fourth-order valence-electron chi connectivity index (χ4n) is 5.45. The van der Waals surface area contributed by atoms with Crippen LogP contribution in [0.4, 0.5) is 5.69 Å². The average Bonchev–Trinajstić information content (AvgIpc) is 2.84. The number of benzene rings is 3. The van der Waals surface area contributed by atoms with Gasteiger partial charge in [0, 0.05) is 30.3 Å². The summed E-state index contributed by atoms with van der Waals surface area (Å²) in [6, 6.07) is 28.5. The van der Waals surface area contributed by atoms with Crippen LogP contribution < -0.4 is 5.32 Å². The second-order valence-corrected chi connectivity index (χ2v) is 9.72. The second-order valence-electron chi connectivity index (χ2n) is 9.72. The van der Waals surface area contributed by atoms with Crippen molar-refractivity contribution in [1.29, 1.82) is 0 Å². The van der Waals surface area contributed by atoms with E-state index in [2.05, 4.69) is 110 Å². The van der Waals surface area contributed by atoms with Crippen molar-refractivity contribution in [2.75, 3.05) is 18.9 Å². The predicted molar refractivity (Wildman–Crippen MR) is 137 cm³/mol. The van der Waals surface area contributed by atoms with Crippen molar-refractivity contribution in [2.45, 2.75) is 44.6 Å². The Kier molecular flexibility index (Phi) is 6.34. The molecule has 1 saturated heterocycles. The highest BCUT2D eigenvalue weighted by Crippen LogP contribution is 2.50. The maximum absolute atomic E-state index is 6.90. The molecular formula is C30H34N2O. The van der Waals surface area contributed by atoms with Gasteiger partial charge in [0.15, 0.2) is 0 Å². The number of rotatable bonds is 6. The highest BCUT2D eigenvalue weighted by Gasteiger charge is 2.42. The fraction of sp³-hybridized carbons (Fsp3) is 0.333. The molecule has 2 heterocycles. The zero-order valence-electron chi connectivity index (χ0n) is 19.7. The third-order valence-corrected chi connectivity index (χ3v) is 7.11. The van der Waals surface area contributed by atoms with E-state index in [0.29, 0.717) is 5.92 Å². The highest BCUT2D eigenvalue weighted by molar-refractivity contribution is 5.68. The number of nitrogens with one attached hydrogen (secondary N) is 1. The molecule has 4 unspecified atom stereocenters. The van der Waals surface area contributed by atoms with Crippen LogP contribution in [0.15, 0.2) is 85.4 Å². The van der Waals surface area contributed by atoms with E-state index in [0.717, 1.165) is 31.5 Å². The lowest BCUT2D eigenvalue weighted by Gasteiger charge is -2.46. The van der Waals surface area contributed by atoms with Crippen molar-refractivity contribution in [2.24, 2.45) is 5.92 Å². The van der Waals surface area contributed by atoms with E-state index in [-0.39, 0.29) is 18.2 Å². The van der Waals surface area contributed by atoms with E-state index >= 15 is 0 Å². The molecule has 4 atom stereocenters. The molecule has 0 aliphatic carbocycles. The molecule has 3 heteroatoms. The summed E-state index contributed by atoms with van der Waals surface area (Å²) in [6.07, 6.45) is 2.56. The minimum atomic E-state index is 0.0923. The lowest BCUT2D eigenvalue weighted by Crippen LogP contribution is -2.42. The molecule has 33 heavy (non-hydrogen) atoms. The van der Waals surface area contributed by atoms with Gasteiger partial charge in [-0.25, -0.2) is 0 Å². The van der Waals surface area contributed by atoms with Gasteiger partial charge in [-0.2, -0.15) is 0 Å². The monoisotopic (exact) mass is 438 g/mol. The lowest BCUT2D eigenvalue weighted by atomic mass is 9.76. The minimum absolute atomic E-state index is 0.0923. The first kappa shape index (κ1) is 21.9. The van der Waals surface area contributed by atoms with Gasteiger partial charge in [0.1, 0.15) is 0 Å². The topological polar surface area (TPSA) is 24.5 Å². The maximum Gasteiger partial charge on any atom is 0.0900 e. The Morgan fingerprint density at radius 1 is 1.00 bits per heavy atom. The average molecular weight is 439 g/mol. The zero-order valence-corrected chi connectivity index (χ0v) is 19.7. The number of fused-ring (bicyclic) bond motifs is 3. The van der Waals surface area contributed by atoms with Crippen LogP contribution >= 0.6 is 0 Å². The van der Waals surface area contributed by atoms with E-state index in [9.17, 15) is 0 Å². The summed E-state index contributed by atoms with van der Waals surface area (Å²) in [5, 5.41) is 3.85. The van der Waals surface area contributed by atoms with Crippen molar-refractivity contribution in [1.82, 2.24) is 4.90 Å². The summed E-state index contributed by atoms with van der Waals surface area (Å²) in [5.74, 6) is 0.413. The quantitative estimate of drug-likeness (QED) is 0.455. The molecule has 0 aromatic heterocycles. The molecule has 2 aliphatic heterocycles. The molecule has 2 aliphatic rings. The van der Waals surface area contributed by atoms with Crippen molar-refractivity contribution in [3.8, 4) is 0 Å². The number of hydrogen-bond acceptors (Lipinski definition) is 3. The van der Waals surface area contributed by atoms with Crippen molar-refractivity contribution < 1.29 is 4.74 Å². The van der Waals surface area contributed by atoms with Crippen LogP contribution in [0, 0.1) is 5.92 Å². The first-order chi connectivity index (χ1) is 16.1. The largest absolute Gasteiger partial charge is 0.378 e. The molecule has 0 radical (unpaired) electrons. The van der Waals surface area contributed by atoms with Gasteiger partial charge in [-0.1, -0.05) is 78.9 Å². The molecule has 3 aromatic carbocycles. The van der Waals surface area contributed by atoms with Crippen molar-refractivity contribution >= 4 is 11.3 Å². The SMILES string of the molecule is C=C(C)c1ccc2c(c1)C1OC(CN(C)Cc3ccccc3)CCC1C(c1ccccc1)N2. The van der Waals surface area contributed by atoms with E-state index in [1.54, 1.807) is 0 Å². The molecule has 1 N–H and O–H groups in total. The molecule has 0 saturated carbocycles. The van der Waals surface area contributed by atoms with Gasteiger partial charge in [-0.05, 0) is 55.6 Å². The molecule has 3 nitrogen and oxygen atoms in total. The Bertz CT molecular complexity index is 1090. The molecule has 0 spiro atoms. The van der Waals surface area contributed by atoms with Crippen LogP contribution in [-0.2, 0) is 11.3 Å². The Hall–Kier alpha value is -2.88. The van der Waals surface area contributed by atoms with Gasteiger partial charge in [-0.15, -0.1) is 0 Å². The van der Waals surface area contributed by atoms with Gasteiger partial charge in [-0.3, -0.25) is 4.90 Å². The van der Waals surface area contributed by atoms with Crippen molar-refractivity contribution in [3.05, 3.63) is 108 Å². The summed E-state index contributed by atoms with van der Waals surface area (Å²) >= 11 is 0. The predicted octanol–water partition coefficient (Wildman–Crippen LogP) is 6.85. The van der Waals surface area contributed by atoms with Gasteiger partial charge in [0.05, 0.1) is 18.2 Å². The number of anilines is 1. The van der Waals surface area contributed by atoms with Crippen LogP contribution in [0.1, 0.15) is 54.2 Å². The lowest BCUT2D eigenvalue weighted by molar-refractivity contribution is -0.101. The Labute approximate surface area is 198 Å². The molecule has 3 aromatic rings. The summed E-state index contributed by atoms with van der Waals surface area (Å²) < 4.78 is 6.90. The number of allylic oxidation sites excluding steroid dienone is 1. The van der Waals surface area contributed by atoms with Crippen LogP contribution in [-0.4, -0.2) is 24.6 Å². The van der Waals surface area contributed by atoms with Crippen LogP contribution in [0.2, 0.25) is 0 Å². The van der Waals surface area contributed by atoms with Gasteiger partial charge >= 0.3 is 0 Å². The molecule has 1 fully saturated rings. The third-order valence-electron chi connectivity index (χ3n) is 7.11. The summed E-state index contributed by atoms with van der Waals surface area (Å²) in [5.41, 5.74) is 7.44.